The van der Waals surface area contributed by atoms with Gasteiger partial charge in [0, 0.05) is 24.2 Å². The molecule has 1 aromatic carbocycles. The maximum atomic E-state index is 12.4. The molecule has 138 valence electrons. The largest absolute Gasteiger partial charge is 0.447 e. The lowest BCUT2D eigenvalue weighted by Gasteiger charge is -2.20. The normalized spacial score (nSPS) is 24.6. The maximum absolute atomic E-state index is 12.4. The minimum Gasteiger partial charge on any atom is -0.447 e. The number of rotatable bonds is 5. The quantitative estimate of drug-likeness (QED) is 0.718. The van der Waals surface area contributed by atoms with Crippen molar-refractivity contribution in [2.75, 3.05) is 0 Å². The van der Waals surface area contributed by atoms with Gasteiger partial charge in [-0.05, 0) is 43.5 Å². The van der Waals surface area contributed by atoms with Crippen LogP contribution >= 0.6 is 11.3 Å². The van der Waals surface area contributed by atoms with Gasteiger partial charge in [-0.1, -0.05) is 17.4 Å². The van der Waals surface area contributed by atoms with E-state index in [9.17, 15) is 13.2 Å². The van der Waals surface area contributed by atoms with Gasteiger partial charge in [0.1, 0.15) is 5.75 Å². The molecule has 7 nitrogen and oxygen atoms in total. The number of thiophene rings is 1. The van der Waals surface area contributed by atoms with Crippen LogP contribution in [-0.2, 0) is 10.0 Å². The SMILES string of the molecule is NS(=O)(=O)c1cccc(Oc2ccc(C(=O)NC3CC4CCC3N4)s2)c1. The van der Waals surface area contributed by atoms with Crippen LogP contribution in [0, 0.1) is 0 Å². The van der Waals surface area contributed by atoms with Gasteiger partial charge in [-0.25, -0.2) is 13.6 Å². The number of carbonyl (C=O) groups excluding carboxylic acids is 1. The molecule has 2 aromatic rings. The van der Waals surface area contributed by atoms with Gasteiger partial charge in [-0.15, -0.1) is 0 Å². The van der Waals surface area contributed by atoms with Gasteiger partial charge in [-0.3, -0.25) is 4.79 Å². The summed E-state index contributed by atoms with van der Waals surface area (Å²) in [4.78, 5) is 13.0. The van der Waals surface area contributed by atoms with Crippen molar-refractivity contribution in [1.29, 1.82) is 0 Å². The average molecular weight is 393 g/mol. The number of nitrogens with one attached hydrogen (secondary N) is 2. The zero-order valence-electron chi connectivity index (χ0n) is 13.8. The average Bonchev–Trinajstić information content (AvgIpc) is 3.31. The van der Waals surface area contributed by atoms with E-state index < -0.39 is 10.0 Å². The molecule has 26 heavy (non-hydrogen) atoms. The smallest absolute Gasteiger partial charge is 0.261 e. The standard InChI is InChI=1S/C17H19N3O4S2/c18-26(22,23)12-3-1-2-11(9-12)24-16-7-6-15(25-16)17(21)20-14-8-10-4-5-13(14)19-10/h1-3,6-7,9-10,13-14,19H,4-5,8H2,(H,20,21)(H2,18,22,23). The Bertz CT molecular complexity index is 941. The monoisotopic (exact) mass is 393 g/mol. The molecule has 2 aliphatic heterocycles. The summed E-state index contributed by atoms with van der Waals surface area (Å²) >= 11 is 1.22. The van der Waals surface area contributed by atoms with Gasteiger partial charge in [0.05, 0.1) is 9.77 Å². The molecule has 0 radical (unpaired) electrons. The van der Waals surface area contributed by atoms with Crippen molar-refractivity contribution in [3.05, 3.63) is 41.3 Å². The molecule has 3 unspecified atom stereocenters. The van der Waals surface area contributed by atoms with Crippen LogP contribution in [0.3, 0.4) is 0 Å². The maximum Gasteiger partial charge on any atom is 0.261 e. The molecule has 4 rings (SSSR count). The van der Waals surface area contributed by atoms with E-state index in [2.05, 4.69) is 10.6 Å². The summed E-state index contributed by atoms with van der Waals surface area (Å²) in [7, 11) is -3.79. The van der Waals surface area contributed by atoms with Crippen molar-refractivity contribution in [3.8, 4) is 10.8 Å². The van der Waals surface area contributed by atoms with Gasteiger partial charge in [0.25, 0.3) is 5.91 Å². The van der Waals surface area contributed by atoms with Gasteiger partial charge in [-0.2, -0.15) is 0 Å². The number of amides is 1. The van der Waals surface area contributed by atoms with Crippen LogP contribution in [0.15, 0.2) is 41.3 Å². The molecular weight excluding hydrogens is 374 g/mol. The fourth-order valence-electron chi connectivity index (χ4n) is 3.55. The number of sulfonamides is 1. The van der Waals surface area contributed by atoms with Gasteiger partial charge in [0.2, 0.25) is 10.0 Å². The third-order valence-corrected chi connectivity index (χ3v) is 6.65. The molecule has 3 heterocycles. The Balaban J connectivity index is 1.42. The Morgan fingerprint density at radius 1 is 1.27 bits per heavy atom. The highest BCUT2D eigenvalue weighted by atomic mass is 32.2. The topological polar surface area (TPSA) is 111 Å². The van der Waals surface area contributed by atoms with Crippen LogP contribution in [0.25, 0.3) is 0 Å². The Hall–Kier alpha value is -1.94. The Morgan fingerprint density at radius 3 is 2.81 bits per heavy atom. The Labute approximate surface area is 155 Å². The molecular formula is C17H19N3O4S2. The number of nitrogens with two attached hydrogens (primary N) is 1. The summed E-state index contributed by atoms with van der Waals surface area (Å²) in [5.41, 5.74) is 0. The van der Waals surface area contributed by atoms with Crippen molar-refractivity contribution >= 4 is 27.3 Å². The third-order valence-electron chi connectivity index (χ3n) is 4.77. The number of primary sulfonamides is 1. The molecule has 2 fully saturated rings. The molecule has 4 N–H and O–H groups in total. The number of carbonyl (C=O) groups is 1. The second-order valence-electron chi connectivity index (χ2n) is 6.60. The van der Waals surface area contributed by atoms with Crippen molar-refractivity contribution in [2.45, 2.75) is 42.3 Å². The van der Waals surface area contributed by atoms with Crippen LogP contribution in [-0.4, -0.2) is 32.5 Å². The highest BCUT2D eigenvalue weighted by Crippen LogP contribution is 2.32. The number of hydrogen-bond acceptors (Lipinski definition) is 6. The Morgan fingerprint density at radius 2 is 2.12 bits per heavy atom. The number of benzene rings is 1. The lowest BCUT2D eigenvalue weighted by molar-refractivity contribution is 0.0935. The first kappa shape index (κ1) is 17.5. The summed E-state index contributed by atoms with van der Waals surface area (Å²) in [5, 5.41) is 12.2. The molecule has 9 heteroatoms. The fourth-order valence-corrected chi connectivity index (χ4v) is 4.88. The lowest BCUT2D eigenvalue weighted by Crippen LogP contribution is -2.42. The van der Waals surface area contributed by atoms with E-state index in [0.29, 0.717) is 27.8 Å². The summed E-state index contributed by atoms with van der Waals surface area (Å²) in [6.45, 7) is 0. The van der Waals surface area contributed by atoms with Crippen molar-refractivity contribution < 1.29 is 17.9 Å². The first-order chi connectivity index (χ1) is 12.4. The molecule has 0 aliphatic carbocycles. The van der Waals surface area contributed by atoms with E-state index in [0.717, 1.165) is 12.8 Å². The van der Waals surface area contributed by atoms with Crippen LogP contribution in [0.5, 0.6) is 10.8 Å². The molecule has 2 aliphatic rings. The molecule has 1 amide bonds. The lowest BCUT2D eigenvalue weighted by atomic mass is 9.95. The highest BCUT2D eigenvalue weighted by molar-refractivity contribution is 7.89. The van der Waals surface area contributed by atoms with E-state index >= 15 is 0 Å². The number of hydrogen-bond donors (Lipinski definition) is 3. The predicted octanol–water partition coefficient (Wildman–Crippen LogP) is 1.81. The summed E-state index contributed by atoms with van der Waals surface area (Å²) in [6, 6.07) is 10.4. The van der Waals surface area contributed by atoms with Crippen molar-refractivity contribution in [1.82, 2.24) is 10.6 Å². The van der Waals surface area contributed by atoms with Crippen molar-refractivity contribution in [2.24, 2.45) is 5.14 Å². The van der Waals surface area contributed by atoms with Crippen LogP contribution in [0.1, 0.15) is 28.9 Å². The van der Waals surface area contributed by atoms with Crippen LogP contribution in [0.4, 0.5) is 0 Å². The van der Waals surface area contributed by atoms with Crippen LogP contribution < -0.4 is 20.5 Å². The van der Waals surface area contributed by atoms with Gasteiger partial charge < -0.3 is 15.4 Å². The molecule has 0 spiro atoms. The van der Waals surface area contributed by atoms with E-state index in [1.54, 1.807) is 24.3 Å². The third kappa shape index (κ3) is 3.61. The molecule has 1 aromatic heterocycles. The molecule has 2 bridgehead atoms. The van der Waals surface area contributed by atoms with Crippen LogP contribution in [0.2, 0.25) is 0 Å². The molecule has 2 saturated heterocycles. The summed E-state index contributed by atoms with van der Waals surface area (Å²) in [5.74, 6) is 0.241. The molecule has 3 atom stereocenters. The number of fused-ring (bicyclic) bond motifs is 2. The van der Waals surface area contributed by atoms with E-state index in [1.165, 1.54) is 29.9 Å². The van der Waals surface area contributed by atoms with Gasteiger partial charge in [0.15, 0.2) is 5.06 Å². The van der Waals surface area contributed by atoms with Crippen molar-refractivity contribution in [3.63, 3.8) is 0 Å². The first-order valence-electron chi connectivity index (χ1n) is 8.36. The summed E-state index contributed by atoms with van der Waals surface area (Å²) < 4.78 is 28.5. The zero-order valence-corrected chi connectivity index (χ0v) is 15.5. The number of ether oxygens (including phenoxy) is 1. The molecule has 0 saturated carbocycles. The van der Waals surface area contributed by atoms with Gasteiger partial charge >= 0.3 is 0 Å². The van der Waals surface area contributed by atoms with E-state index in [-0.39, 0.29) is 16.8 Å². The highest BCUT2D eigenvalue weighted by Gasteiger charge is 2.39. The second kappa shape index (κ2) is 6.66. The fraction of sp³-hybridized carbons (Fsp3) is 0.353. The van der Waals surface area contributed by atoms with E-state index in [1.807, 2.05) is 0 Å². The minimum absolute atomic E-state index is 0.0201. The minimum atomic E-state index is -3.79. The zero-order chi connectivity index (χ0) is 18.3. The summed E-state index contributed by atoms with van der Waals surface area (Å²) in [6.07, 6.45) is 3.27. The first-order valence-corrected chi connectivity index (χ1v) is 10.7. The second-order valence-corrected chi connectivity index (χ2v) is 9.21. The Kier molecular flexibility index (Phi) is 4.47. The van der Waals surface area contributed by atoms with E-state index in [4.69, 9.17) is 9.88 Å². The predicted molar refractivity (Wildman–Crippen MR) is 98.0 cm³/mol.